The van der Waals surface area contributed by atoms with Crippen molar-refractivity contribution in [1.82, 2.24) is 19.3 Å². The molecule has 2 saturated heterocycles. The Morgan fingerprint density at radius 3 is 2.13 bits per heavy atom. The molecule has 3 amide bonds. The van der Waals surface area contributed by atoms with Crippen molar-refractivity contribution in [3.8, 4) is 0 Å². The summed E-state index contributed by atoms with van der Waals surface area (Å²) in [7, 11) is 0. The second-order valence-electron chi connectivity index (χ2n) is 12.4. The van der Waals surface area contributed by atoms with Gasteiger partial charge in [0.05, 0.1) is 12.3 Å². The van der Waals surface area contributed by atoms with Crippen molar-refractivity contribution in [2.45, 2.75) is 116 Å². The van der Waals surface area contributed by atoms with Gasteiger partial charge in [0.25, 0.3) is 0 Å². The number of carbonyl (C=O) groups is 3. The summed E-state index contributed by atoms with van der Waals surface area (Å²) in [4.78, 5) is 51.4. The van der Waals surface area contributed by atoms with E-state index in [4.69, 9.17) is 19.2 Å². The first-order valence-corrected chi connectivity index (χ1v) is 13.8. The first kappa shape index (κ1) is 28.6. The molecule has 2 aliphatic rings. The number of carbonyl (C=O) groups excluding carboxylic acids is 3. The number of nitrogens with zero attached hydrogens (tertiary/aromatic N) is 5. The number of anilines is 1. The van der Waals surface area contributed by atoms with E-state index in [-0.39, 0.29) is 29.9 Å². The summed E-state index contributed by atoms with van der Waals surface area (Å²) in [6.07, 6.45) is 8.26. The third-order valence-electron chi connectivity index (χ3n) is 6.82. The number of unbranched alkanes of at least 4 members (excludes halogenated alkanes) is 1. The number of imide groups is 1. The van der Waals surface area contributed by atoms with Crippen LogP contribution < -0.4 is 4.90 Å². The van der Waals surface area contributed by atoms with Crippen LogP contribution in [0.5, 0.6) is 0 Å². The van der Waals surface area contributed by atoms with E-state index in [1.807, 2.05) is 11.1 Å². The Labute approximate surface area is 229 Å². The Morgan fingerprint density at radius 2 is 1.59 bits per heavy atom. The maximum absolute atomic E-state index is 13.3. The molecule has 0 aliphatic carbocycles. The molecule has 2 bridgehead atoms. The Bertz CT molecular complexity index is 1170. The standard InChI is InChI=1S/C28H41N5O6/c1-8-9-14-37-24(34)32-19-10-11-20(32)16-18(15-19)21-17-31-13-12-29-22(31)23(30-21)33(25(35)38-27(2,3)4)26(36)39-28(5,6)7/h12-13,17-20H,8-11,14-16H2,1-7H3. The number of imidazole rings is 1. The lowest BCUT2D eigenvalue weighted by Crippen LogP contribution is -2.46. The zero-order chi connectivity index (χ0) is 28.5. The van der Waals surface area contributed by atoms with E-state index >= 15 is 0 Å². The molecule has 11 heteroatoms. The molecule has 2 unspecified atom stereocenters. The van der Waals surface area contributed by atoms with Crippen LogP contribution in [-0.4, -0.2) is 67.4 Å². The van der Waals surface area contributed by atoms with Gasteiger partial charge in [-0.2, -0.15) is 4.90 Å². The molecule has 4 rings (SSSR count). The summed E-state index contributed by atoms with van der Waals surface area (Å²) in [6.45, 7) is 12.9. The quantitative estimate of drug-likeness (QED) is 0.330. The topological polar surface area (TPSA) is 116 Å². The summed E-state index contributed by atoms with van der Waals surface area (Å²) < 4.78 is 18.4. The molecule has 0 saturated carbocycles. The molecule has 4 heterocycles. The maximum Gasteiger partial charge on any atom is 0.425 e. The molecule has 0 N–H and O–H groups in total. The van der Waals surface area contributed by atoms with Crippen molar-refractivity contribution in [3.63, 3.8) is 0 Å². The zero-order valence-electron chi connectivity index (χ0n) is 24.1. The van der Waals surface area contributed by atoms with Gasteiger partial charge in [0.15, 0.2) is 11.5 Å². The predicted molar refractivity (Wildman–Crippen MR) is 145 cm³/mol. The van der Waals surface area contributed by atoms with Crippen molar-refractivity contribution < 1.29 is 28.6 Å². The molecule has 2 aromatic rings. The number of hydrogen-bond acceptors (Lipinski definition) is 8. The number of rotatable bonds is 5. The molecule has 11 nitrogen and oxygen atoms in total. The van der Waals surface area contributed by atoms with Crippen LogP contribution >= 0.6 is 0 Å². The number of aromatic nitrogens is 3. The Balaban J connectivity index is 1.67. The fraction of sp³-hybridized carbons (Fsp3) is 0.679. The van der Waals surface area contributed by atoms with Crippen LogP contribution in [0.4, 0.5) is 20.2 Å². The van der Waals surface area contributed by atoms with E-state index in [0.29, 0.717) is 30.8 Å². The van der Waals surface area contributed by atoms with Gasteiger partial charge in [-0.05, 0) is 73.6 Å². The lowest BCUT2D eigenvalue weighted by Gasteiger charge is -2.38. The lowest BCUT2D eigenvalue weighted by molar-refractivity contribution is 0.0427. The Hall–Kier alpha value is -3.37. The highest BCUT2D eigenvalue weighted by molar-refractivity contribution is 6.10. The first-order chi connectivity index (χ1) is 18.3. The van der Waals surface area contributed by atoms with Gasteiger partial charge in [-0.1, -0.05) is 13.3 Å². The van der Waals surface area contributed by atoms with E-state index in [1.165, 1.54) is 0 Å². The van der Waals surface area contributed by atoms with E-state index in [1.54, 1.807) is 58.3 Å². The summed E-state index contributed by atoms with van der Waals surface area (Å²) in [6, 6.07) is 0.110. The normalized spacial score (nSPS) is 21.1. The van der Waals surface area contributed by atoms with Crippen molar-refractivity contribution >= 4 is 29.7 Å². The van der Waals surface area contributed by atoms with Gasteiger partial charge in [-0.25, -0.2) is 24.4 Å². The highest BCUT2D eigenvalue weighted by Gasteiger charge is 2.45. The van der Waals surface area contributed by atoms with Gasteiger partial charge in [-0.15, -0.1) is 0 Å². The average molecular weight is 544 g/mol. The van der Waals surface area contributed by atoms with Gasteiger partial charge in [0.2, 0.25) is 0 Å². The van der Waals surface area contributed by atoms with Crippen LogP contribution in [0.25, 0.3) is 5.65 Å². The maximum atomic E-state index is 13.3. The second kappa shape index (κ2) is 11.0. The molecular formula is C28H41N5O6. The Morgan fingerprint density at radius 1 is 1.00 bits per heavy atom. The highest BCUT2D eigenvalue weighted by Crippen LogP contribution is 2.43. The van der Waals surface area contributed by atoms with Gasteiger partial charge < -0.3 is 23.5 Å². The van der Waals surface area contributed by atoms with Crippen LogP contribution in [0.1, 0.15) is 98.6 Å². The summed E-state index contributed by atoms with van der Waals surface area (Å²) >= 11 is 0. The van der Waals surface area contributed by atoms with Crippen LogP contribution in [0, 0.1) is 0 Å². The van der Waals surface area contributed by atoms with Crippen molar-refractivity contribution in [2.24, 2.45) is 0 Å². The van der Waals surface area contributed by atoms with E-state index in [9.17, 15) is 14.4 Å². The summed E-state index contributed by atoms with van der Waals surface area (Å²) in [5.41, 5.74) is -0.657. The van der Waals surface area contributed by atoms with E-state index in [2.05, 4.69) is 11.9 Å². The number of amides is 3. The fourth-order valence-corrected chi connectivity index (χ4v) is 5.24. The minimum atomic E-state index is -0.893. The molecule has 2 fully saturated rings. The largest absolute Gasteiger partial charge is 0.449 e. The van der Waals surface area contributed by atoms with Gasteiger partial charge >= 0.3 is 18.3 Å². The first-order valence-electron chi connectivity index (χ1n) is 13.8. The van der Waals surface area contributed by atoms with E-state index < -0.39 is 23.4 Å². The number of fused-ring (bicyclic) bond motifs is 3. The average Bonchev–Trinajstić information content (AvgIpc) is 3.38. The van der Waals surface area contributed by atoms with Gasteiger partial charge in [0.1, 0.15) is 11.2 Å². The molecule has 39 heavy (non-hydrogen) atoms. The van der Waals surface area contributed by atoms with Crippen molar-refractivity contribution in [3.05, 3.63) is 24.3 Å². The van der Waals surface area contributed by atoms with Crippen LogP contribution in [0.3, 0.4) is 0 Å². The van der Waals surface area contributed by atoms with Crippen molar-refractivity contribution in [1.29, 1.82) is 0 Å². The predicted octanol–water partition coefficient (Wildman–Crippen LogP) is 6.05. The van der Waals surface area contributed by atoms with Crippen LogP contribution in [0.2, 0.25) is 0 Å². The number of piperidine rings is 1. The molecule has 0 radical (unpaired) electrons. The van der Waals surface area contributed by atoms with Crippen molar-refractivity contribution in [2.75, 3.05) is 11.5 Å². The lowest BCUT2D eigenvalue weighted by atomic mass is 9.88. The SMILES string of the molecule is CCCCOC(=O)N1C2CCC1CC(c1cn3ccnc3c(N(C(=O)OC(C)(C)C)C(=O)OC(C)(C)C)n1)C2. The molecule has 0 spiro atoms. The number of hydrogen-bond donors (Lipinski definition) is 0. The monoisotopic (exact) mass is 543 g/mol. The van der Waals surface area contributed by atoms with Gasteiger partial charge in [-0.3, -0.25) is 0 Å². The third kappa shape index (κ3) is 6.62. The molecule has 0 aromatic carbocycles. The highest BCUT2D eigenvalue weighted by atomic mass is 16.6. The fourth-order valence-electron chi connectivity index (χ4n) is 5.24. The molecular weight excluding hydrogens is 502 g/mol. The molecule has 2 aliphatic heterocycles. The van der Waals surface area contributed by atoms with E-state index in [0.717, 1.165) is 30.6 Å². The molecule has 2 atom stereocenters. The molecule has 214 valence electrons. The third-order valence-corrected chi connectivity index (χ3v) is 6.82. The zero-order valence-corrected chi connectivity index (χ0v) is 24.1. The second-order valence-corrected chi connectivity index (χ2v) is 12.4. The molecule has 2 aromatic heterocycles. The summed E-state index contributed by atoms with van der Waals surface area (Å²) in [5.74, 6) is 0.0709. The van der Waals surface area contributed by atoms with Crippen LogP contribution in [-0.2, 0) is 14.2 Å². The van der Waals surface area contributed by atoms with Gasteiger partial charge in [0, 0.05) is 36.6 Å². The minimum absolute atomic E-state index is 0.0202. The smallest absolute Gasteiger partial charge is 0.425 e. The number of ether oxygens (including phenoxy) is 3. The minimum Gasteiger partial charge on any atom is -0.449 e. The van der Waals surface area contributed by atoms with Crippen LogP contribution in [0.15, 0.2) is 18.6 Å². The Kier molecular flexibility index (Phi) is 8.09. The summed E-state index contributed by atoms with van der Waals surface area (Å²) in [5, 5.41) is 0.